The number of anilines is 1. The summed E-state index contributed by atoms with van der Waals surface area (Å²) in [6, 6.07) is 13.1. The van der Waals surface area contributed by atoms with Crippen LogP contribution in [-0.2, 0) is 6.42 Å². The normalized spacial score (nSPS) is 16.3. The van der Waals surface area contributed by atoms with E-state index in [0.29, 0.717) is 5.56 Å². The zero-order valence-corrected chi connectivity index (χ0v) is 11.9. The first kappa shape index (κ1) is 13.5. The summed E-state index contributed by atoms with van der Waals surface area (Å²) in [7, 11) is 1.61. The highest BCUT2D eigenvalue weighted by Gasteiger charge is 2.24. The molecule has 1 atom stereocenters. The highest BCUT2D eigenvalue weighted by atomic mass is 16.5. The van der Waals surface area contributed by atoms with Gasteiger partial charge in [0, 0.05) is 11.3 Å². The number of aryl methyl sites for hydroxylation is 1. The molecule has 0 radical (unpaired) electrons. The van der Waals surface area contributed by atoms with E-state index >= 15 is 0 Å². The predicted molar refractivity (Wildman–Crippen MR) is 82.4 cm³/mol. The molecule has 0 fully saturated rings. The Bertz CT molecular complexity index is 665. The Morgan fingerprint density at radius 1 is 1.24 bits per heavy atom. The molecule has 0 heterocycles. The van der Waals surface area contributed by atoms with Crippen LogP contribution in [0.15, 0.2) is 42.5 Å². The van der Waals surface area contributed by atoms with E-state index < -0.39 is 0 Å². The molecule has 0 aromatic heterocycles. The average Bonchev–Trinajstić information content (AvgIpc) is 2.89. The third-order valence-electron chi connectivity index (χ3n) is 3.90. The molecule has 4 nitrogen and oxygen atoms in total. The number of hydrogen-bond acceptors (Lipinski definition) is 3. The fourth-order valence-electron chi connectivity index (χ4n) is 2.77. The fourth-order valence-corrected chi connectivity index (χ4v) is 2.77. The SMILES string of the molecule is COc1ccc(C(=O)NC2CCc3cc(N)ccc32)cc1. The van der Waals surface area contributed by atoms with Crippen molar-refractivity contribution in [2.75, 3.05) is 12.8 Å². The Morgan fingerprint density at radius 2 is 2.00 bits per heavy atom. The molecule has 1 aliphatic rings. The number of nitrogens with two attached hydrogens (primary N) is 1. The lowest BCUT2D eigenvalue weighted by molar-refractivity contribution is 0.0936. The molecular formula is C17H18N2O2. The summed E-state index contributed by atoms with van der Waals surface area (Å²) in [5.41, 5.74) is 9.61. The molecule has 1 unspecified atom stereocenters. The largest absolute Gasteiger partial charge is 0.497 e. The van der Waals surface area contributed by atoms with Crippen LogP contribution in [-0.4, -0.2) is 13.0 Å². The second-order valence-electron chi connectivity index (χ2n) is 5.25. The van der Waals surface area contributed by atoms with Crippen molar-refractivity contribution in [2.24, 2.45) is 0 Å². The lowest BCUT2D eigenvalue weighted by Crippen LogP contribution is -2.27. The summed E-state index contributed by atoms with van der Waals surface area (Å²) >= 11 is 0. The van der Waals surface area contributed by atoms with E-state index in [9.17, 15) is 4.79 Å². The van der Waals surface area contributed by atoms with E-state index in [-0.39, 0.29) is 11.9 Å². The van der Waals surface area contributed by atoms with Gasteiger partial charge in [-0.2, -0.15) is 0 Å². The van der Waals surface area contributed by atoms with Crippen LogP contribution < -0.4 is 15.8 Å². The van der Waals surface area contributed by atoms with E-state index in [2.05, 4.69) is 5.32 Å². The van der Waals surface area contributed by atoms with Crippen molar-refractivity contribution in [1.82, 2.24) is 5.32 Å². The number of carbonyl (C=O) groups is 1. The number of nitrogens with one attached hydrogen (secondary N) is 1. The molecule has 4 heteroatoms. The molecule has 0 spiro atoms. The summed E-state index contributed by atoms with van der Waals surface area (Å²) in [5, 5.41) is 3.09. The van der Waals surface area contributed by atoms with Crippen molar-refractivity contribution in [3.8, 4) is 5.75 Å². The molecule has 2 aromatic carbocycles. The first-order chi connectivity index (χ1) is 10.2. The van der Waals surface area contributed by atoms with Gasteiger partial charge in [-0.25, -0.2) is 0 Å². The molecule has 0 bridgehead atoms. The Labute approximate surface area is 123 Å². The number of amides is 1. The van der Waals surface area contributed by atoms with Gasteiger partial charge in [0.05, 0.1) is 13.2 Å². The average molecular weight is 282 g/mol. The maximum absolute atomic E-state index is 12.3. The molecule has 0 saturated carbocycles. The van der Waals surface area contributed by atoms with Gasteiger partial charge in [-0.15, -0.1) is 0 Å². The maximum Gasteiger partial charge on any atom is 0.251 e. The van der Waals surface area contributed by atoms with Crippen molar-refractivity contribution in [2.45, 2.75) is 18.9 Å². The van der Waals surface area contributed by atoms with Crippen LogP contribution in [0.1, 0.15) is 33.9 Å². The van der Waals surface area contributed by atoms with E-state index in [1.807, 2.05) is 18.2 Å². The van der Waals surface area contributed by atoms with Crippen molar-refractivity contribution >= 4 is 11.6 Å². The number of rotatable bonds is 3. The third-order valence-corrected chi connectivity index (χ3v) is 3.90. The summed E-state index contributed by atoms with van der Waals surface area (Å²) in [6.45, 7) is 0. The second kappa shape index (κ2) is 5.48. The smallest absolute Gasteiger partial charge is 0.251 e. The molecule has 2 aromatic rings. The van der Waals surface area contributed by atoms with Crippen molar-refractivity contribution < 1.29 is 9.53 Å². The first-order valence-corrected chi connectivity index (χ1v) is 7.00. The zero-order chi connectivity index (χ0) is 14.8. The molecule has 0 aliphatic heterocycles. The molecule has 3 rings (SSSR count). The molecule has 3 N–H and O–H groups in total. The van der Waals surface area contributed by atoms with Crippen molar-refractivity contribution in [3.05, 3.63) is 59.2 Å². The van der Waals surface area contributed by atoms with Gasteiger partial charge in [0.2, 0.25) is 0 Å². The van der Waals surface area contributed by atoms with Crippen LogP contribution in [0.2, 0.25) is 0 Å². The second-order valence-corrected chi connectivity index (χ2v) is 5.25. The minimum Gasteiger partial charge on any atom is -0.497 e. The predicted octanol–water partition coefficient (Wildman–Crippen LogP) is 2.69. The van der Waals surface area contributed by atoms with Gasteiger partial charge in [-0.05, 0) is 60.4 Å². The Kier molecular flexibility index (Phi) is 3.52. The van der Waals surface area contributed by atoms with Gasteiger partial charge in [0.1, 0.15) is 5.75 Å². The van der Waals surface area contributed by atoms with Gasteiger partial charge in [-0.3, -0.25) is 4.79 Å². The van der Waals surface area contributed by atoms with Crippen molar-refractivity contribution in [3.63, 3.8) is 0 Å². The van der Waals surface area contributed by atoms with Crippen LogP contribution >= 0.6 is 0 Å². The number of carbonyl (C=O) groups excluding carboxylic acids is 1. The monoisotopic (exact) mass is 282 g/mol. The van der Waals surface area contributed by atoms with Gasteiger partial charge < -0.3 is 15.8 Å². The Balaban J connectivity index is 1.74. The van der Waals surface area contributed by atoms with Crippen LogP contribution in [0, 0.1) is 0 Å². The molecule has 1 amide bonds. The van der Waals surface area contributed by atoms with Crippen molar-refractivity contribution in [1.29, 1.82) is 0 Å². The summed E-state index contributed by atoms with van der Waals surface area (Å²) in [5.74, 6) is 0.681. The maximum atomic E-state index is 12.3. The molecule has 1 aliphatic carbocycles. The quantitative estimate of drug-likeness (QED) is 0.851. The van der Waals surface area contributed by atoms with Gasteiger partial charge in [0.25, 0.3) is 5.91 Å². The number of nitrogen functional groups attached to an aromatic ring is 1. The summed E-state index contributed by atoms with van der Waals surface area (Å²) in [6.07, 6.45) is 1.87. The number of methoxy groups -OCH3 is 1. The highest BCUT2D eigenvalue weighted by Crippen LogP contribution is 2.32. The first-order valence-electron chi connectivity index (χ1n) is 7.00. The lowest BCUT2D eigenvalue weighted by Gasteiger charge is -2.14. The minimum atomic E-state index is -0.0627. The fraction of sp³-hybridized carbons (Fsp3) is 0.235. The van der Waals surface area contributed by atoms with E-state index in [1.165, 1.54) is 11.1 Å². The van der Waals surface area contributed by atoms with Gasteiger partial charge in [-0.1, -0.05) is 6.07 Å². The standard InChI is InChI=1S/C17H18N2O2/c1-21-14-6-2-11(3-7-14)17(20)19-16-9-4-12-10-13(18)5-8-15(12)16/h2-3,5-8,10,16H,4,9,18H2,1H3,(H,19,20). The summed E-state index contributed by atoms with van der Waals surface area (Å²) in [4.78, 5) is 12.3. The topological polar surface area (TPSA) is 64.3 Å². The van der Waals surface area contributed by atoms with Crippen LogP contribution in [0.3, 0.4) is 0 Å². The molecule has 108 valence electrons. The number of ether oxygens (including phenoxy) is 1. The molecule has 21 heavy (non-hydrogen) atoms. The third kappa shape index (κ3) is 2.70. The Hall–Kier alpha value is -2.49. The number of benzene rings is 2. The van der Waals surface area contributed by atoms with Gasteiger partial charge in [0.15, 0.2) is 0 Å². The number of hydrogen-bond donors (Lipinski definition) is 2. The van der Waals surface area contributed by atoms with E-state index in [4.69, 9.17) is 10.5 Å². The van der Waals surface area contributed by atoms with Gasteiger partial charge >= 0.3 is 0 Å². The van der Waals surface area contributed by atoms with Crippen LogP contribution in [0.25, 0.3) is 0 Å². The molecule has 0 saturated heterocycles. The Morgan fingerprint density at radius 3 is 2.71 bits per heavy atom. The van der Waals surface area contributed by atoms with E-state index in [1.54, 1.807) is 31.4 Å². The van der Waals surface area contributed by atoms with Crippen LogP contribution in [0.4, 0.5) is 5.69 Å². The highest BCUT2D eigenvalue weighted by molar-refractivity contribution is 5.94. The lowest BCUT2D eigenvalue weighted by atomic mass is 10.1. The summed E-state index contributed by atoms with van der Waals surface area (Å²) < 4.78 is 5.10. The van der Waals surface area contributed by atoms with Crippen LogP contribution in [0.5, 0.6) is 5.75 Å². The number of fused-ring (bicyclic) bond motifs is 1. The zero-order valence-electron chi connectivity index (χ0n) is 11.9. The molecular weight excluding hydrogens is 264 g/mol. The van der Waals surface area contributed by atoms with E-state index in [0.717, 1.165) is 24.3 Å². The minimum absolute atomic E-state index is 0.0627.